The topological polar surface area (TPSA) is 99.7 Å². The molecule has 5 heterocycles. The first-order valence-electron chi connectivity index (χ1n) is 11.7. The lowest BCUT2D eigenvalue weighted by Gasteiger charge is -2.30. The molecule has 0 spiro atoms. The molecule has 176 valence electrons. The second kappa shape index (κ2) is 8.52. The maximum Gasteiger partial charge on any atom is 0.331 e. The molecule has 2 N–H and O–H groups in total. The number of piperidine rings is 1. The van der Waals surface area contributed by atoms with Crippen molar-refractivity contribution in [1.29, 1.82) is 0 Å². The summed E-state index contributed by atoms with van der Waals surface area (Å²) in [7, 11) is 2.06. The van der Waals surface area contributed by atoms with Crippen LogP contribution >= 0.6 is 11.3 Å². The van der Waals surface area contributed by atoms with Crippen molar-refractivity contribution in [2.24, 2.45) is 0 Å². The fourth-order valence-electron chi connectivity index (χ4n) is 4.77. The average molecular weight is 479 g/mol. The molecule has 2 aliphatic heterocycles. The summed E-state index contributed by atoms with van der Waals surface area (Å²) < 4.78 is 5.85. The molecular weight excluding hydrogens is 452 g/mol. The molecule has 1 atom stereocenters. The Morgan fingerprint density at radius 2 is 2.09 bits per heavy atom. The van der Waals surface area contributed by atoms with Gasteiger partial charge in [-0.2, -0.15) is 0 Å². The summed E-state index contributed by atoms with van der Waals surface area (Å²) in [6, 6.07) is 5.19. The number of urea groups is 1. The number of carbonyl (C=O) groups is 2. The first kappa shape index (κ1) is 21.3. The standard InChI is InChI=1S/C24H26N6O3S/c1-29-11-3-4-14(13-29)27-22(31)21-20-19-17(9-10-25-23(19)34-21)30(24(32)28-20)15-7-8-18(26-12-15)33-16-5-2-6-16/h7-10,12,14,16H,2-6,11,13H2,1H3,(H,27,31)(H,28,32)/t14-/m1/s1. The second-order valence-electron chi connectivity index (χ2n) is 9.18. The third-order valence-corrected chi connectivity index (χ3v) is 7.83. The third-order valence-electron chi connectivity index (χ3n) is 6.73. The highest BCUT2D eigenvalue weighted by atomic mass is 32.1. The summed E-state index contributed by atoms with van der Waals surface area (Å²) in [6.07, 6.45) is 8.86. The lowest BCUT2D eigenvalue weighted by atomic mass is 9.96. The molecule has 1 saturated heterocycles. The molecule has 1 saturated carbocycles. The van der Waals surface area contributed by atoms with E-state index >= 15 is 0 Å². The Morgan fingerprint density at radius 1 is 1.21 bits per heavy atom. The van der Waals surface area contributed by atoms with Crippen LogP contribution in [0.1, 0.15) is 41.8 Å². The normalized spacial score (nSPS) is 20.7. The van der Waals surface area contributed by atoms with Crippen LogP contribution in [-0.4, -0.2) is 59.1 Å². The Hall–Kier alpha value is -3.24. The molecule has 3 aliphatic rings. The molecule has 10 heteroatoms. The molecule has 34 heavy (non-hydrogen) atoms. The van der Waals surface area contributed by atoms with Gasteiger partial charge in [-0.1, -0.05) is 0 Å². The van der Waals surface area contributed by atoms with Crippen molar-refractivity contribution in [2.75, 3.05) is 30.4 Å². The number of nitrogens with one attached hydrogen (secondary N) is 2. The molecule has 3 aromatic heterocycles. The summed E-state index contributed by atoms with van der Waals surface area (Å²) >= 11 is 1.30. The lowest BCUT2D eigenvalue weighted by molar-refractivity contribution is 0.0917. The van der Waals surface area contributed by atoms with Gasteiger partial charge in [0.1, 0.15) is 15.8 Å². The van der Waals surface area contributed by atoms with E-state index < -0.39 is 0 Å². The minimum absolute atomic E-state index is 0.0960. The zero-order valence-corrected chi connectivity index (χ0v) is 19.7. The van der Waals surface area contributed by atoms with Crippen molar-refractivity contribution in [3.8, 4) is 5.88 Å². The number of rotatable bonds is 5. The first-order valence-corrected chi connectivity index (χ1v) is 12.5. The number of nitrogens with zero attached hydrogens (tertiary/aromatic N) is 4. The van der Waals surface area contributed by atoms with Crippen molar-refractivity contribution in [1.82, 2.24) is 20.2 Å². The van der Waals surface area contributed by atoms with Crippen LogP contribution in [0.2, 0.25) is 0 Å². The largest absolute Gasteiger partial charge is 0.474 e. The number of thiophene rings is 1. The highest BCUT2D eigenvalue weighted by Gasteiger charge is 2.33. The van der Waals surface area contributed by atoms with E-state index in [1.54, 1.807) is 29.4 Å². The molecule has 1 aliphatic carbocycles. The molecule has 3 amide bonds. The highest BCUT2D eigenvalue weighted by molar-refractivity contribution is 7.21. The van der Waals surface area contributed by atoms with Gasteiger partial charge in [0.2, 0.25) is 5.88 Å². The van der Waals surface area contributed by atoms with Crippen molar-refractivity contribution in [3.63, 3.8) is 0 Å². The smallest absolute Gasteiger partial charge is 0.331 e. The number of hydrogen-bond acceptors (Lipinski definition) is 7. The maximum atomic E-state index is 13.2. The summed E-state index contributed by atoms with van der Waals surface area (Å²) in [5.74, 6) is 0.395. The van der Waals surface area contributed by atoms with Gasteiger partial charge < -0.3 is 20.3 Å². The maximum absolute atomic E-state index is 13.2. The highest BCUT2D eigenvalue weighted by Crippen LogP contribution is 2.45. The van der Waals surface area contributed by atoms with Gasteiger partial charge in [-0.3, -0.25) is 9.69 Å². The molecule has 0 unspecified atom stereocenters. The van der Waals surface area contributed by atoms with Gasteiger partial charge in [-0.05, 0) is 57.8 Å². The van der Waals surface area contributed by atoms with Crippen molar-refractivity contribution in [3.05, 3.63) is 35.5 Å². The van der Waals surface area contributed by atoms with Crippen LogP contribution in [0.5, 0.6) is 5.88 Å². The number of likely N-dealkylation sites (N-methyl/N-ethyl adjacent to an activating group) is 1. The summed E-state index contributed by atoms with van der Waals surface area (Å²) in [5, 5.41) is 6.86. The number of likely N-dealkylation sites (tertiary alicyclic amines) is 1. The monoisotopic (exact) mass is 478 g/mol. The predicted molar refractivity (Wildman–Crippen MR) is 131 cm³/mol. The van der Waals surface area contributed by atoms with Crippen LogP contribution in [0.3, 0.4) is 0 Å². The molecule has 0 bridgehead atoms. The van der Waals surface area contributed by atoms with Gasteiger partial charge in [0.05, 0.1) is 28.6 Å². The molecule has 6 rings (SSSR count). The van der Waals surface area contributed by atoms with Crippen molar-refractivity contribution >= 4 is 50.6 Å². The molecule has 2 fully saturated rings. The van der Waals surface area contributed by atoms with Crippen LogP contribution in [0.25, 0.3) is 10.2 Å². The lowest BCUT2D eigenvalue weighted by Crippen LogP contribution is -2.46. The number of carbonyl (C=O) groups excluding carboxylic acids is 2. The number of ether oxygens (including phenoxy) is 1. The molecule has 0 aromatic carbocycles. The number of aromatic nitrogens is 2. The van der Waals surface area contributed by atoms with E-state index in [1.165, 1.54) is 17.8 Å². The molecule has 3 aromatic rings. The summed E-state index contributed by atoms with van der Waals surface area (Å²) in [6.45, 7) is 1.87. The van der Waals surface area contributed by atoms with E-state index in [-0.39, 0.29) is 24.1 Å². The Morgan fingerprint density at radius 3 is 2.82 bits per heavy atom. The van der Waals surface area contributed by atoms with Gasteiger partial charge >= 0.3 is 6.03 Å². The zero-order chi connectivity index (χ0) is 23.2. The minimum Gasteiger partial charge on any atom is -0.474 e. The van der Waals surface area contributed by atoms with Crippen LogP contribution in [0.4, 0.5) is 21.9 Å². The van der Waals surface area contributed by atoms with E-state index in [0.717, 1.165) is 44.2 Å². The van der Waals surface area contributed by atoms with Gasteiger partial charge in [0.15, 0.2) is 0 Å². The SMILES string of the molecule is CN1CCC[C@@H](NC(=O)c2sc3nccc4c3c2NC(=O)N4c2ccc(OC3CCC3)nc2)C1. The Balaban J connectivity index is 1.30. The van der Waals surface area contributed by atoms with Gasteiger partial charge in [0, 0.05) is 24.8 Å². The Labute approximate surface area is 201 Å². The molecule has 9 nitrogen and oxygen atoms in total. The van der Waals surface area contributed by atoms with Gasteiger partial charge in [0.25, 0.3) is 5.91 Å². The fourth-order valence-corrected chi connectivity index (χ4v) is 5.79. The molecule has 0 radical (unpaired) electrons. The predicted octanol–water partition coefficient (Wildman–Crippen LogP) is 4.13. The van der Waals surface area contributed by atoms with Crippen LogP contribution < -0.4 is 20.3 Å². The zero-order valence-electron chi connectivity index (χ0n) is 18.9. The number of pyridine rings is 2. The van der Waals surface area contributed by atoms with Crippen molar-refractivity contribution in [2.45, 2.75) is 44.2 Å². The van der Waals surface area contributed by atoms with E-state index in [4.69, 9.17) is 4.74 Å². The summed E-state index contributed by atoms with van der Waals surface area (Å²) in [5.41, 5.74) is 1.84. The number of anilines is 3. The quantitative estimate of drug-likeness (QED) is 0.572. The van der Waals surface area contributed by atoms with Crippen molar-refractivity contribution < 1.29 is 14.3 Å². The van der Waals surface area contributed by atoms with Gasteiger partial charge in [-0.25, -0.2) is 14.8 Å². The summed E-state index contributed by atoms with van der Waals surface area (Å²) in [4.78, 5) is 40.3. The second-order valence-corrected chi connectivity index (χ2v) is 10.2. The first-order chi connectivity index (χ1) is 16.6. The Kier molecular flexibility index (Phi) is 5.34. The van der Waals surface area contributed by atoms with Crippen LogP contribution in [0.15, 0.2) is 30.6 Å². The number of amides is 3. The third kappa shape index (κ3) is 3.76. The van der Waals surface area contributed by atoms with Gasteiger partial charge in [-0.15, -0.1) is 11.3 Å². The fraction of sp³-hybridized carbons (Fsp3) is 0.417. The minimum atomic E-state index is -0.334. The molecular formula is C24H26N6O3S. The van der Waals surface area contributed by atoms with E-state index in [2.05, 4.69) is 32.5 Å². The van der Waals surface area contributed by atoms with E-state index in [0.29, 0.717) is 32.6 Å². The van der Waals surface area contributed by atoms with E-state index in [9.17, 15) is 9.59 Å². The Bertz CT molecular complexity index is 1260. The van der Waals surface area contributed by atoms with E-state index in [1.807, 2.05) is 6.07 Å². The average Bonchev–Trinajstić information content (AvgIpc) is 3.17. The van der Waals surface area contributed by atoms with Crippen LogP contribution in [-0.2, 0) is 0 Å². The van der Waals surface area contributed by atoms with Crippen LogP contribution in [0, 0.1) is 0 Å². The number of hydrogen-bond donors (Lipinski definition) is 2.